The van der Waals surface area contributed by atoms with E-state index in [-0.39, 0.29) is 17.5 Å². The number of hydrogen-bond donors (Lipinski definition) is 2. The van der Waals surface area contributed by atoms with Gasteiger partial charge in [0.2, 0.25) is 5.91 Å². The second-order valence-corrected chi connectivity index (χ2v) is 6.95. The first-order valence-electron chi connectivity index (χ1n) is 9.52. The van der Waals surface area contributed by atoms with Crippen molar-refractivity contribution in [2.45, 2.75) is 32.1 Å². The molecular weight excluding hydrogens is 372 g/mol. The van der Waals surface area contributed by atoms with Crippen LogP contribution >= 0.6 is 0 Å². The summed E-state index contributed by atoms with van der Waals surface area (Å²) in [5.41, 5.74) is 3.87. The first kappa shape index (κ1) is 20.2. The number of nitro groups is 1. The van der Waals surface area contributed by atoms with E-state index in [2.05, 4.69) is 15.8 Å². The van der Waals surface area contributed by atoms with Crippen molar-refractivity contribution in [2.75, 3.05) is 5.32 Å². The lowest BCUT2D eigenvalue weighted by atomic mass is 9.88. The van der Waals surface area contributed by atoms with Gasteiger partial charge in [0.15, 0.2) is 0 Å². The fourth-order valence-electron chi connectivity index (χ4n) is 3.26. The zero-order chi connectivity index (χ0) is 20.6. The molecule has 0 saturated heterocycles. The normalized spacial score (nSPS) is 14.5. The topological polar surface area (TPSA) is 114 Å². The molecule has 0 atom stereocenters. The highest BCUT2D eigenvalue weighted by atomic mass is 16.6. The lowest BCUT2D eigenvalue weighted by molar-refractivity contribution is -0.384. The predicted molar refractivity (Wildman–Crippen MR) is 110 cm³/mol. The summed E-state index contributed by atoms with van der Waals surface area (Å²) in [6, 6.07) is 12.5. The Morgan fingerprint density at radius 2 is 1.79 bits per heavy atom. The molecule has 2 aromatic rings. The Balaban J connectivity index is 1.54. The van der Waals surface area contributed by atoms with Gasteiger partial charge in [-0.15, -0.1) is 0 Å². The van der Waals surface area contributed by atoms with E-state index >= 15 is 0 Å². The molecule has 8 heteroatoms. The number of carbonyl (C=O) groups is 2. The van der Waals surface area contributed by atoms with Crippen molar-refractivity contribution < 1.29 is 14.5 Å². The van der Waals surface area contributed by atoms with E-state index in [1.54, 1.807) is 36.4 Å². The molecule has 0 unspecified atom stereocenters. The molecule has 0 bridgehead atoms. The summed E-state index contributed by atoms with van der Waals surface area (Å²) < 4.78 is 0. The summed E-state index contributed by atoms with van der Waals surface area (Å²) in [5, 5.41) is 17.5. The summed E-state index contributed by atoms with van der Waals surface area (Å²) in [5.74, 6) is -0.324. The van der Waals surface area contributed by atoms with Crippen LogP contribution in [0.5, 0.6) is 0 Å². The minimum atomic E-state index is -0.496. The lowest BCUT2D eigenvalue weighted by Gasteiger charge is -2.20. The van der Waals surface area contributed by atoms with E-state index in [1.165, 1.54) is 24.8 Å². The maximum atomic E-state index is 12.3. The van der Waals surface area contributed by atoms with Crippen LogP contribution in [0.1, 0.15) is 48.0 Å². The number of nitro benzene ring substituents is 1. The smallest absolute Gasteiger partial charge is 0.271 e. The molecule has 0 radical (unpaired) electrons. The third kappa shape index (κ3) is 5.71. The van der Waals surface area contributed by atoms with Gasteiger partial charge >= 0.3 is 0 Å². The van der Waals surface area contributed by atoms with Crippen LogP contribution in [-0.4, -0.2) is 23.0 Å². The highest BCUT2D eigenvalue weighted by Gasteiger charge is 2.21. The standard InChI is InChI=1S/C21H22N4O4/c26-20(16-6-2-1-3-7-16)23-18-11-9-17(10-12-18)21(27)24-22-14-15-5-4-8-19(13-15)25(28)29/h4-5,8-14,16H,1-3,6-7H2,(H,23,26)(H,24,27)/b22-14+. The number of benzene rings is 2. The van der Waals surface area contributed by atoms with E-state index in [0.29, 0.717) is 16.8 Å². The van der Waals surface area contributed by atoms with E-state index in [0.717, 1.165) is 25.7 Å². The van der Waals surface area contributed by atoms with Gasteiger partial charge in [-0.2, -0.15) is 5.10 Å². The molecule has 0 aliphatic heterocycles. The van der Waals surface area contributed by atoms with Crippen LogP contribution in [0.25, 0.3) is 0 Å². The summed E-state index contributed by atoms with van der Waals surface area (Å²) in [6.07, 6.45) is 6.56. The maximum absolute atomic E-state index is 12.3. The second-order valence-electron chi connectivity index (χ2n) is 6.95. The maximum Gasteiger partial charge on any atom is 0.271 e. The first-order valence-corrected chi connectivity index (χ1v) is 9.52. The molecular formula is C21H22N4O4. The highest BCUT2D eigenvalue weighted by molar-refractivity contribution is 5.96. The van der Waals surface area contributed by atoms with Gasteiger partial charge in [-0.1, -0.05) is 31.4 Å². The average Bonchev–Trinajstić information content (AvgIpc) is 2.75. The van der Waals surface area contributed by atoms with Gasteiger partial charge in [-0.3, -0.25) is 19.7 Å². The zero-order valence-electron chi connectivity index (χ0n) is 15.8. The van der Waals surface area contributed by atoms with Crippen molar-refractivity contribution in [2.24, 2.45) is 11.0 Å². The second kappa shape index (κ2) is 9.59. The van der Waals surface area contributed by atoms with Crippen LogP contribution in [0.4, 0.5) is 11.4 Å². The van der Waals surface area contributed by atoms with Gasteiger partial charge in [-0.25, -0.2) is 5.43 Å². The highest BCUT2D eigenvalue weighted by Crippen LogP contribution is 2.25. The van der Waals surface area contributed by atoms with Crippen LogP contribution in [0.15, 0.2) is 53.6 Å². The van der Waals surface area contributed by atoms with Crippen LogP contribution < -0.4 is 10.7 Å². The zero-order valence-corrected chi connectivity index (χ0v) is 15.8. The summed E-state index contributed by atoms with van der Waals surface area (Å²) in [4.78, 5) is 34.7. The lowest BCUT2D eigenvalue weighted by Crippen LogP contribution is -2.24. The largest absolute Gasteiger partial charge is 0.326 e. The molecule has 2 N–H and O–H groups in total. The monoisotopic (exact) mass is 394 g/mol. The minimum Gasteiger partial charge on any atom is -0.326 e. The van der Waals surface area contributed by atoms with Gasteiger partial charge in [0, 0.05) is 34.9 Å². The van der Waals surface area contributed by atoms with Crippen molar-refractivity contribution >= 4 is 29.4 Å². The number of amides is 2. The SMILES string of the molecule is O=C(N/N=C/c1cccc([N+](=O)[O-])c1)c1ccc(NC(=O)C2CCCCC2)cc1. The van der Waals surface area contributed by atoms with Crippen LogP contribution in [0.2, 0.25) is 0 Å². The first-order chi connectivity index (χ1) is 14.0. The molecule has 1 aliphatic carbocycles. The van der Waals surface area contributed by atoms with Crippen molar-refractivity contribution in [3.05, 3.63) is 69.8 Å². The average molecular weight is 394 g/mol. The van der Waals surface area contributed by atoms with Crippen LogP contribution in [-0.2, 0) is 4.79 Å². The molecule has 150 valence electrons. The Hall–Kier alpha value is -3.55. The Kier molecular flexibility index (Phi) is 6.67. The molecule has 2 amide bonds. The molecule has 1 aliphatic rings. The third-order valence-electron chi connectivity index (χ3n) is 4.85. The summed E-state index contributed by atoms with van der Waals surface area (Å²) in [6.45, 7) is 0. The Labute approximate surface area is 168 Å². The molecule has 1 saturated carbocycles. The molecule has 3 rings (SSSR count). The number of hydrogen-bond acceptors (Lipinski definition) is 5. The Morgan fingerprint density at radius 3 is 2.48 bits per heavy atom. The molecule has 1 fully saturated rings. The van der Waals surface area contributed by atoms with Gasteiger partial charge < -0.3 is 5.32 Å². The predicted octanol–water partition coefficient (Wildman–Crippen LogP) is 3.88. The summed E-state index contributed by atoms with van der Waals surface area (Å²) in [7, 11) is 0. The van der Waals surface area contributed by atoms with Gasteiger partial charge in [0.05, 0.1) is 11.1 Å². The number of hydrazone groups is 1. The van der Waals surface area contributed by atoms with Crippen molar-refractivity contribution in [3.63, 3.8) is 0 Å². The fourth-order valence-corrected chi connectivity index (χ4v) is 3.26. The number of non-ortho nitro benzene ring substituents is 1. The van der Waals surface area contributed by atoms with E-state index in [1.807, 2.05) is 0 Å². The number of carbonyl (C=O) groups excluding carboxylic acids is 2. The van der Waals surface area contributed by atoms with E-state index < -0.39 is 10.8 Å². The quantitative estimate of drug-likeness (QED) is 0.440. The van der Waals surface area contributed by atoms with E-state index in [4.69, 9.17) is 0 Å². The molecule has 0 aromatic heterocycles. The van der Waals surface area contributed by atoms with Gasteiger partial charge in [-0.05, 0) is 37.1 Å². The van der Waals surface area contributed by atoms with Crippen molar-refractivity contribution in [1.29, 1.82) is 0 Å². The van der Waals surface area contributed by atoms with E-state index in [9.17, 15) is 19.7 Å². The molecule has 0 spiro atoms. The minimum absolute atomic E-state index is 0.0310. The van der Waals surface area contributed by atoms with Crippen molar-refractivity contribution in [3.8, 4) is 0 Å². The number of nitrogens with one attached hydrogen (secondary N) is 2. The van der Waals surface area contributed by atoms with Crippen LogP contribution in [0, 0.1) is 16.0 Å². The third-order valence-corrected chi connectivity index (χ3v) is 4.85. The van der Waals surface area contributed by atoms with Crippen molar-refractivity contribution in [1.82, 2.24) is 5.43 Å². The molecule has 29 heavy (non-hydrogen) atoms. The fraction of sp³-hybridized carbons (Fsp3) is 0.286. The summed E-state index contributed by atoms with van der Waals surface area (Å²) >= 11 is 0. The molecule has 0 heterocycles. The van der Waals surface area contributed by atoms with Gasteiger partial charge in [0.1, 0.15) is 0 Å². The molecule has 2 aromatic carbocycles. The number of anilines is 1. The van der Waals surface area contributed by atoms with Gasteiger partial charge in [0.25, 0.3) is 11.6 Å². The van der Waals surface area contributed by atoms with Crippen LogP contribution in [0.3, 0.4) is 0 Å². The number of nitrogens with zero attached hydrogens (tertiary/aromatic N) is 2. The Morgan fingerprint density at radius 1 is 1.07 bits per heavy atom. The molecule has 8 nitrogen and oxygen atoms in total. The Bertz CT molecular complexity index is 919. The number of rotatable bonds is 6.